The molecule has 0 saturated heterocycles. The maximum Gasteiger partial charge on any atom is 0.261 e. The third-order valence-electron chi connectivity index (χ3n) is 2.24. The predicted molar refractivity (Wildman–Crippen MR) is 65.3 cm³/mol. The molecule has 82 valence electrons. The van der Waals surface area contributed by atoms with Gasteiger partial charge >= 0.3 is 0 Å². The lowest BCUT2D eigenvalue weighted by atomic mass is 10.1. The minimum absolute atomic E-state index is 0.221. The first-order chi connectivity index (χ1) is 7.69. The molecule has 0 spiro atoms. The number of rotatable bonds is 2. The Hall–Kier alpha value is -1.95. The molecule has 0 saturated carbocycles. The summed E-state index contributed by atoms with van der Waals surface area (Å²) in [5.41, 5.74) is 6.89. The van der Waals surface area contributed by atoms with Gasteiger partial charge in [-0.2, -0.15) is 0 Å². The lowest BCUT2D eigenvalue weighted by molar-refractivity contribution is 0.0967. The number of amides is 1. The summed E-state index contributed by atoms with van der Waals surface area (Å²) in [6.07, 6.45) is 2.73. The van der Waals surface area contributed by atoms with Gasteiger partial charge in [0.1, 0.15) is 9.71 Å². The van der Waals surface area contributed by atoms with Crippen LogP contribution in [0.15, 0.2) is 12.3 Å². The molecule has 0 aromatic carbocycles. The van der Waals surface area contributed by atoms with Gasteiger partial charge in [0.2, 0.25) is 0 Å². The van der Waals surface area contributed by atoms with E-state index in [1.54, 1.807) is 19.3 Å². The van der Waals surface area contributed by atoms with Crippen molar-refractivity contribution >= 4 is 39.4 Å². The minimum Gasteiger partial charge on any atom is -0.398 e. The van der Waals surface area contributed by atoms with Gasteiger partial charge in [0, 0.05) is 36.1 Å². The van der Waals surface area contributed by atoms with Crippen molar-refractivity contribution in [1.82, 2.24) is 10.3 Å². The molecule has 16 heavy (non-hydrogen) atoms. The third-order valence-corrected chi connectivity index (χ3v) is 3.35. The number of hydrogen-bond acceptors (Lipinski definition) is 5. The van der Waals surface area contributed by atoms with E-state index in [0.29, 0.717) is 26.3 Å². The van der Waals surface area contributed by atoms with Crippen LogP contribution in [0.4, 0.5) is 5.69 Å². The van der Waals surface area contributed by atoms with E-state index in [2.05, 4.69) is 10.3 Å². The molecule has 0 bridgehead atoms. The highest BCUT2D eigenvalue weighted by atomic mass is 32.1. The van der Waals surface area contributed by atoms with Gasteiger partial charge in [0.15, 0.2) is 0 Å². The summed E-state index contributed by atoms with van der Waals surface area (Å²) in [5, 5.41) is 10.6. The number of aromatic nitrogens is 1. The summed E-state index contributed by atoms with van der Waals surface area (Å²) in [5.74, 6) is -0.221. The van der Waals surface area contributed by atoms with Crippen LogP contribution < -0.4 is 11.1 Å². The van der Waals surface area contributed by atoms with Gasteiger partial charge < -0.3 is 16.5 Å². The molecule has 4 N–H and O–H groups in total. The normalized spacial score (nSPS) is 10.3. The van der Waals surface area contributed by atoms with E-state index >= 15 is 0 Å². The van der Waals surface area contributed by atoms with Crippen LogP contribution in [0.2, 0.25) is 0 Å². The quantitative estimate of drug-likeness (QED) is 0.682. The fourth-order valence-corrected chi connectivity index (χ4v) is 2.59. The fraction of sp³-hybridized carbons (Fsp3) is 0.100. The molecule has 0 aliphatic heterocycles. The number of nitrogens with one attached hydrogen (secondary N) is 2. The second kappa shape index (κ2) is 3.90. The minimum atomic E-state index is -0.221. The molecule has 6 heteroatoms. The molecule has 5 nitrogen and oxygen atoms in total. The smallest absolute Gasteiger partial charge is 0.261 e. The average Bonchev–Trinajstić information content (AvgIpc) is 2.68. The molecule has 1 amide bonds. The Morgan fingerprint density at radius 3 is 3.06 bits per heavy atom. The second-order valence-corrected chi connectivity index (χ2v) is 4.15. The molecule has 2 aromatic heterocycles. The van der Waals surface area contributed by atoms with E-state index in [0.717, 1.165) is 6.21 Å². The van der Waals surface area contributed by atoms with Crippen LogP contribution in [0.3, 0.4) is 0 Å². The number of thiophene rings is 1. The van der Waals surface area contributed by atoms with Crippen molar-refractivity contribution < 1.29 is 4.79 Å². The topological polar surface area (TPSA) is 91.9 Å². The number of anilines is 1. The van der Waals surface area contributed by atoms with Crippen molar-refractivity contribution in [2.75, 3.05) is 12.8 Å². The Bertz CT molecular complexity index is 575. The SMILES string of the molecule is CNC(=O)c1sc2nccc(N)c2c1C=N. The zero-order chi connectivity index (χ0) is 11.7. The van der Waals surface area contributed by atoms with Crippen LogP contribution in [-0.4, -0.2) is 24.2 Å². The molecule has 2 rings (SSSR count). The highest BCUT2D eigenvalue weighted by Gasteiger charge is 2.18. The second-order valence-electron chi connectivity index (χ2n) is 3.15. The van der Waals surface area contributed by atoms with E-state index < -0.39 is 0 Å². The van der Waals surface area contributed by atoms with Gasteiger partial charge in [-0.15, -0.1) is 11.3 Å². The number of carbonyl (C=O) groups is 1. The van der Waals surface area contributed by atoms with Crippen molar-refractivity contribution in [3.05, 3.63) is 22.7 Å². The number of nitrogens with two attached hydrogens (primary N) is 1. The van der Waals surface area contributed by atoms with E-state index in [9.17, 15) is 4.79 Å². The number of pyridine rings is 1. The van der Waals surface area contributed by atoms with E-state index in [-0.39, 0.29) is 5.91 Å². The molecule has 0 atom stereocenters. The van der Waals surface area contributed by atoms with Crippen LogP contribution in [0, 0.1) is 5.41 Å². The Kier molecular flexibility index (Phi) is 2.57. The van der Waals surface area contributed by atoms with Crippen LogP contribution in [0.25, 0.3) is 10.2 Å². The van der Waals surface area contributed by atoms with Crippen molar-refractivity contribution in [3.63, 3.8) is 0 Å². The van der Waals surface area contributed by atoms with Gasteiger partial charge in [0.05, 0.1) is 0 Å². The summed E-state index contributed by atoms with van der Waals surface area (Å²) < 4.78 is 0. The molecule has 0 unspecified atom stereocenters. The lowest BCUT2D eigenvalue weighted by Crippen LogP contribution is -2.17. The Morgan fingerprint density at radius 1 is 1.69 bits per heavy atom. The number of fused-ring (bicyclic) bond motifs is 1. The standard InChI is InChI=1S/C10H10N4OS/c1-13-9(15)8-5(4-11)7-6(12)2-3-14-10(7)16-8/h2-4,11H,1H3,(H2,12,14)(H,13,15). The van der Waals surface area contributed by atoms with Crippen LogP contribution >= 0.6 is 11.3 Å². The monoisotopic (exact) mass is 234 g/mol. The van der Waals surface area contributed by atoms with Gasteiger partial charge in [0.25, 0.3) is 5.91 Å². The molecule has 0 fully saturated rings. The maximum absolute atomic E-state index is 11.6. The Balaban J connectivity index is 2.82. The number of carbonyl (C=O) groups excluding carboxylic acids is 1. The zero-order valence-corrected chi connectivity index (χ0v) is 9.39. The zero-order valence-electron chi connectivity index (χ0n) is 8.57. The summed E-state index contributed by atoms with van der Waals surface area (Å²) in [7, 11) is 1.55. The van der Waals surface area contributed by atoms with E-state index in [1.165, 1.54) is 11.3 Å². The van der Waals surface area contributed by atoms with E-state index in [4.69, 9.17) is 11.1 Å². The van der Waals surface area contributed by atoms with E-state index in [1.807, 2.05) is 0 Å². The van der Waals surface area contributed by atoms with Crippen molar-refractivity contribution in [2.45, 2.75) is 0 Å². The number of nitrogens with zero attached hydrogens (tertiary/aromatic N) is 1. The van der Waals surface area contributed by atoms with Crippen LogP contribution in [0.5, 0.6) is 0 Å². The van der Waals surface area contributed by atoms with Crippen molar-refractivity contribution in [1.29, 1.82) is 5.41 Å². The number of hydrogen-bond donors (Lipinski definition) is 3. The highest BCUT2D eigenvalue weighted by molar-refractivity contribution is 7.21. The molecule has 2 heterocycles. The Labute approximate surface area is 95.8 Å². The summed E-state index contributed by atoms with van der Waals surface area (Å²) >= 11 is 1.24. The Morgan fingerprint density at radius 2 is 2.44 bits per heavy atom. The molecule has 2 aromatic rings. The number of nitrogen functional groups attached to an aromatic ring is 1. The van der Waals surface area contributed by atoms with Gasteiger partial charge in [-0.3, -0.25) is 4.79 Å². The molecule has 0 aliphatic carbocycles. The first-order valence-electron chi connectivity index (χ1n) is 4.58. The van der Waals surface area contributed by atoms with Crippen molar-refractivity contribution in [3.8, 4) is 0 Å². The van der Waals surface area contributed by atoms with Crippen molar-refractivity contribution in [2.24, 2.45) is 0 Å². The van der Waals surface area contributed by atoms with Gasteiger partial charge in [-0.05, 0) is 6.07 Å². The summed E-state index contributed by atoms with van der Waals surface area (Å²) in [6, 6.07) is 1.66. The summed E-state index contributed by atoms with van der Waals surface area (Å²) in [4.78, 5) is 16.9. The van der Waals surface area contributed by atoms with Gasteiger partial charge in [-0.1, -0.05) is 0 Å². The first kappa shape index (κ1) is 10.6. The maximum atomic E-state index is 11.6. The molecular formula is C10H10N4OS. The largest absolute Gasteiger partial charge is 0.398 e. The molecule has 0 radical (unpaired) electrons. The predicted octanol–water partition coefficient (Wildman–Crippen LogP) is 1.24. The third kappa shape index (κ3) is 1.43. The lowest BCUT2D eigenvalue weighted by Gasteiger charge is -1.98. The average molecular weight is 234 g/mol. The molecule has 0 aliphatic rings. The fourth-order valence-electron chi connectivity index (χ4n) is 1.49. The highest BCUT2D eigenvalue weighted by Crippen LogP contribution is 2.32. The first-order valence-corrected chi connectivity index (χ1v) is 5.40. The van der Waals surface area contributed by atoms with Gasteiger partial charge in [-0.25, -0.2) is 4.98 Å². The van der Waals surface area contributed by atoms with Crippen LogP contribution in [0.1, 0.15) is 15.2 Å². The van der Waals surface area contributed by atoms with Crippen LogP contribution in [-0.2, 0) is 0 Å². The summed E-state index contributed by atoms with van der Waals surface area (Å²) in [6.45, 7) is 0. The molecular weight excluding hydrogens is 224 g/mol.